The molecule has 3 aromatic rings. The fourth-order valence-corrected chi connectivity index (χ4v) is 2.32. The molecule has 0 aliphatic rings. The van der Waals surface area contributed by atoms with Gasteiger partial charge in [-0.15, -0.1) is 0 Å². The van der Waals surface area contributed by atoms with E-state index in [9.17, 15) is 5.11 Å². The number of hydrogen-bond donors (Lipinski definition) is 1. The third kappa shape index (κ3) is 3.20. The lowest BCUT2D eigenvalue weighted by atomic mass is 10.1. The van der Waals surface area contributed by atoms with E-state index in [-0.39, 0.29) is 0 Å². The van der Waals surface area contributed by atoms with Crippen LogP contribution >= 0.6 is 0 Å². The highest BCUT2D eigenvalue weighted by atomic mass is 16.5. The quantitative estimate of drug-likeness (QED) is 0.773. The molecule has 0 aliphatic carbocycles. The van der Waals surface area contributed by atoms with Crippen molar-refractivity contribution in [2.45, 2.75) is 12.5 Å². The highest BCUT2D eigenvalue weighted by Crippen LogP contribution is 2.24. The van der Waals surface area contributed by atoms with Gasteiger partial charge in [-0.2, -0.15) is 0 Å². The van der Waals surface area contributed by atoms with Crippen LogP contribution in [0.15, 0.2) is 66.9 Å². The number of para-hydroxylation sites is 1. The maximum atomic E-state index is 10.1. The first kappa shape index (κ1) is 13.6. The molecule has 1 heterocycles. The van der Waals surface area contributed by atoms with Gasteiger partial charge in [0.25, 0.3) is 0 Å². The first-order chi connectivity index (χ1) is 10.3. The molecule has 0 bridgehead atoms. The Morgan fingerprint density at radius 3 is 2.62 bits per heavy atom. The summed E-state index contributed by atoms with van der Waals surface area (Å²) in [5.41, 5.74) is 1.77. The van der Waals surface area contributed by atoms with Crippen LogP contribution in [0, 0.1) is 0 Å². The van der Waals surface area contributed by atoms with Gasteiger partial charge in [0.1, 0.15) is 11.3 Å². The minimum atomic E-state index is -0.505. The Bertz CT molecular complexity index is 707. The molecule has 1 atom stereocenters. The summed E-state index contributed by atoms with van der Waals surface area (Å²) >= 11 is 0. The lowest BCUT2D eigenvalue weighted by molar-refractivity contribution is 0.141. The Labute approximate surface area is 123 Å². The zero-order chi connectivity index (χ0) is 14.5. The van der Waals surface area contributed by atoms with Crippen molar-refractivity contribution < 1.29 is 9.84 Å². The van der Waals surface area contributed by atoms with Crippen molar-refractivity contribution in [1.82, 2.24) is 4.98 Å². The summed E-state index contributed by atoms with van der Waals surface area (Å²) in [7, 11) is 0. The standard InChI is InChI=1S/C18H17NO2/c20-16(14-6-2-1-3-7-14)11-13-21-17-10-4-8-15-9-5-12-19-18(15)17/h1-10,12,16,20H,11,13H2. The topological polar surface area (TPSA) is 42.4 Å². The van der Waals surface area contributed by atoms with Crippen LogP contribution in [0.1, 0.15) is 18.1 Å². The highest BCUT2D eigenvalue weighted by molar-refractivity contribution is 5.84. The van der Waals surface area contributed by atoms with Gasteiger partial charge >= 0.3 is 0 Å². The number of rotatable bonds is 5. The van der Waals surface area contributed by atoms with Crippen molar-refractivity contribution in [3.05, 3.63) is 72.4 Å². The monoisotopic (exact) mass is 279 g/mol. The van der Waals surface area contributed by atoms with Crippen LogP contribution in [0.25, 0.3) is 10.9 Å². The predicted molar refractivity (Wildman–Crippen MR) is 83.3 cm³/mol. The minimum Gasteiger partial charge on any atom is -0.491 e. The van der Waals surface area contributed by atoms with E-state index in [2.05, 4.69) is 4.98 Å². The van der Waals surface area contributed by atoms with Gasteiger partial charge in [-0.25, -0.2) is 0 Å². The van der Waals surface area contributed by atoms with Crippen molar-refractivity contribution in [3.63, 3.8) is 0 Å². The molecule has 3 nitrogen and oxygen atoms in total. The Kier molecular flexibility index (Phi) is 4.12. The highest BCUT2D eigenvalue weighted by Gasteiger charge is 2.08. The van der Waals surface area contributed by atoms with E-state index in [4.69, 9.17) is 4.74 Å². The second-order valence-corrected chi connectivity index (χ2v) is 4.89. The van der Waals surface area contributed by atoms with Crippen molar-refractivity contribution >= 4 is 10.9 Å². The van der Waals surface area contributed by atoms with Crippen molar-refractivity contribution in [1.29, 1.82) is 0 Å². The van der Waals surface area contributed by atoms with Crippen LogP contribution in [-0.4, -0.2) is 16.7 Å². The summed E-state index contributed by atoms with van der Waals surface area (Å²) in [5, 5.41) is 11.2. The van der Waals surface area contributed by atoms with E-state index in [1.807, 2.05) is 60.7 Å². The molecule has 21 heavy (non-hydrogen) atoms. The number of ether oxygens (including phenoxy) is 1. The maximum absolute atomic E-state index is 10.1. The number of aliphatic hydroxyl groups is 1. The van der Waals surface area contributed by atoms with Gasteiger partial charge in [0.05, 0.1) is 12.7 Å². The molecule has 1 aromatic heterocycles. The van der Waals surface area contributed by atoms with Crippen LogP contribution in [0.4, 0.5) is 0 Å². The molecule has 0 fully saturated rings. The van der Waals surface area contributed by atoms with Crippen LogP contribution in [0.3, 0.4) is 0 Å². The average Bonchev–Trinajstić information content (AvgIpc) is 2.56. The number of hydrogen-bond acceptors (Lipinski definition) is 3. The largest absolute Gasteiger partial charge is 0.491 e. The minimum absolute atomic E-state index is 0.450. The van der Waals surface area contributed by atoms with Gasteiger partial charge in [-0.05, 0) is 17.7 Å². The molecular formula is C18H17NO2. The van der Waals surface area contributed by atoms with Crippen LogP contribution in [0.5, 0.6) is 5.75 Å². The van der Waals surface area contributed by atoms with E-state index in [1.54, 1.807) is 6.20 Å². The molecule has 3 heteroatoms. The van der Waals surface area contributed by atoms with E-state index < -0.39 is 6.10 Å². The lowest BCUT2D eigenvalue weighted by Crippen LogP contribution is -2.05. The Balaban J connectivity index is 1.65. The van der Waals surface area contributed by atoms with Gasteiger partial charge in [-0.1, -0.05) is 48.5 Å². The molecule has 1 N–H and O–H groups in total. The number of fused-ring (bicyclic) bond motifs is 1. The van der Waals surface area contributed by atoms with Crippen LogP contribution in [-0.2, 0) is 0 Å². The zero-order valence-electron chi connectivity index (χ0n) is 11.6. The Morgan fingerprint density at radius 1 is 0.952 bits per heavy atom. The normalized spacial score (nSPS) is 12.2. The number of aromatic nitrogens is 1. The summed E-state index contributed by atoms with van der Waals surface area (Å²) in [4.78, 5) is 4.35. The first-order valence-corrected chi connectivity index (χ1v) is 7.04. The molecule has 3 rings (SSSR count). The maximum Gasteiger partial charge on any atom is 0.145 e. The molecule has 1 unspecified atom stereocenters. The summed E-state index contributed by atoms with van der Waals surface area (Å²) in [5.74, 6) is 0.758. The van der Waals surface area contributed by atoms with E-state index in [0.29, 0.717) is 13.0 Å². The van der Waals surface area contributed by atoms with E-state index >= 15 is 0 Å². The Hall–Kier alpha value is -2.39. The predicted octanol–water partition coefficient (Wildman–Crippen LogP) is 3.74. The lowest BCUT2D eigenvalue weighted by Gasteiger charge is -2.12. The van der Waals surface area contributed by atoms with Crippen LogP contribution in [0.2, 0.25) is 0 Å². The Morgan fingerprint density at radius 2 is 1.76 bits per heavy atom. The molecule has 0 saturated heterocycles. The summed E-state index contributed by atoms with van der Waals surface area (Å²) in [6.45, 7) is 0.450. The first-order valence-electron chi connectivity index (χ1n) is 7.04. The fraction of sp³-hybridized carbons (Fsp3) is 0.167. The summed E-state index contributed by atoms with van der Waals surface area (Å²) in [6.07, 6.45) is 1.80. The number of aliphatic hydroxyl groups excluding tert-OH is 1. The molecule has 0 aliphatic heterocycles. The molecule has 2 aromatic carbocycles. The van der Waals surface area contributed by atoms with Gasteiger partial charge in [0.15, 0.2) is 0 Å². The number of benzene rings is 2. The second kappa shape index (κ2) is 6.37. The molecule has 0 amide bonds. The van der Waals surface area contributed by atoms with Gasteiger partial charge in [-0.3, -0.25) is 4.98 Å². The molecule has 0 radical (unpaired) electrons. The van der Waals surface area contributed by atoms with Crippen molar-refractivity contribution in [2.24, 2.45) is 0 Å². The molecule has 0 saturated carbocycles. The van der Waals surface area contributed by atoms with E-state index in [0.717, 1.165) is 22.2 Å². The third-order valence-electron chi connectivity index (χ3n) is 3.43. The van der Waals surface area contributed by atoms with Crippen molar-refractivity contribution in [2.75, 3.05) is 6.61 Å². The van der Waals surface area contributed by atoms with Gasteiger partial charge in [0.2, 0.25) is 0 Å². The van der Waals surface area contributed by atoms with E-state index in [1.165, 1.54) is 0 Å². The molecule has 106 valence electrons. The number of pyridine rings is 1. The van der Waals surface area contributed by atoms with Gasteiger partial charge in [0, 0.05) is 18.0 Å². The third-order valence-corrected chi connectivity index (χ3v) is 3.43. The van der Waals surface area contributed by atoms with Crippen LogP contribution < -0.4 is 4.74 Å². The molecule has 0 spiro atoms. The summed E-state index contributed by atoms with van der Waals surface area (Å²) in [6, 6.07) is 19.4. The van der Waals surface area contributed by atoms with Crippen molar-refractivity contribution in [3.8, 4) is 5.75 Å². The molecular weight excluding hydrogens is 262 g/mol. The smallest absolute Gasteiger partial charge is 0.145 e. The average molecular weight is 279 g/mol. The summed E-state index contributed by atoms with van der Waals surface area (Å²) < 4.78 is 5.79. The fourth-order valence-electron chi connectivity index (χ4n) is 2.32. The number of nitrogens with zero attached hydrogens (tertiary/aromatic N) is 1. The van der Waals surface area contributed by atoms with Gasteiger partial charge < -0.3 is 9.84 Å². The second-order valence-electron chi connectivity index (χ2n) is 4.89. The zero-order valence-corrected chi connectivity index (χ0v) is 11.6. The SMILES string of the molecule is OC(CCOc1cccc2cccnc12)c1ccccc1.